The first-order valence-electron chi connectivity index (χ1n) is 8.16. The zero-order valence-corrected chi connectivity index (χ0v) is 14.6. The van der Waals surface area contributed by atoms with Crippen LogP contribution in [0.25, 0.3) is 0 Å². The van der Waals surface area contributed by atoms with Crippen LogP contribution in [0.5, 0.6) is 5.75 Å². The Morgan fingerprint density at radius 1 is 1.32 bits per heavy atom. The fraction of sp³-hybridized carbons (Fsp3) is 0.389. The Kier molecular flexibility index (Phi) is 6.16. The first kappa shape index (κ1) is 18.5. The third-order valence-corrected chi connectivity index (χ3v) is 3.76. The Balaban J connectivity index is 1.83. The lowest BCUT2D eigenvalue weighted by Gasteiger charge is -2.18. The van der Waals surface area contributed by atoms with Crippen LogP contribution >= 0.6 is 0 Å². The molecule has 2 N–H and O–H groups in total. The van der Waals surface area contributed by atoms with Crippen molar-refractivity contribution in [2.45, 2.75) is 32.7 Å². The monoisotopic (exact) mass is 345 g/mol. The van der Waals surface area contributed by atoms with E-state index in [-0.39, 0.29) is 30.0 Å². The molecule has 0 spiro atoms. The van der Waals surface area contributed by atoms with E-state index in [0.717, 1.165) is 5.82 Å². The molecule has 0 bridgehead atoms. The van der Waals surface area contributed by atoms with E-state index in [2.05, 4.69) is 10.3 Å². The summed E-state index contributed by atoms with van der Waals surface area (Å²) in [5, 5.41) is 11.8. The fourth-order valence-corrected chi connectivity index (χ4v) is 2.44. The molecule has 7 nitrogen and oxygen atoms in total. The van der Waals surface area contributed by atoms with Crippen LogP contribution in [-0.2, 0) is 4.79 Å². The van der Waals surface area contributed by atoms with Crippen LogP contribution in [0.1, 0.15) is 48.9 Å². The van der Waals surface area contributed by atoms with Gasteiger partial charge < -0.3 is 19.7 Å². The molecule has 1 unspecified atom stereocenters. The minimum Gasteiger partial charge on any atom is -0.492 e. The Labute approximate surface area is 146 Å². The Morgan fingerprint density at radius 3 is 2.76 bits per heavy atom. The summed E-state index contributed by atoms with van der Waals surface area (Å²) in [4.78, 5) is 27.5. The number of carbonyl (C=O) groups is 2. The van der Waals surface area contributed by atoms with Gasteiger partial charge in [0, 0.05) is 18.3 Å². The third kappa shape index (κ3) is 4.82. The van der Waals surface area contributed by atoms with Gasteiger partial charge in [-0.2, -0.15) is 0 Å². The summed E-state index contributed by atoms with van der Waals surface area (Å²) in [6.07, 6.45) is 3.49. The number of carboxylic acids is 1. The molecule has 25 heavy (non-hydrogen) atoms. The first-order valence-corrected chi connectivity index (χ1v) is 8.16. The minimum atomic E-state index is -1.01. The van der Waals surface area contributed by atoms with Crippen LogP contribution in [0.15, 0.2) is 36.7 Å². The van der Waals surface area contributed by atoms with Crippen LogP contribution in [0, 0.1) is 0 Å². The van der Waals surface area contributed by atoms with Crippen molar-refractivity contribution in [2.24, 2.45) is 0 Å². The van der Waals surface area contributed by atoms with Crippen molar-refractivity contribution in [1.29, 1.82) is 0 Å². The van der Waals surface area contributed by atoms with Crippen molar-refractivity contribution in [1.82, 2.24) is 14.9 Å². The van der Waals surface area contributed by atoms with Crippen LogP contribution in [0.3, 0.4) is 0 Å². The number of ether oxygens (including phenoxy) is 1. The van der Waals surface area contributed by atoms with Crippen molar-refractivity contribution in [2.75, 3.05) is 13.2 Å². The molecule has 0 saturated heterocycles. The molecule has 0 aliphatic rings. The first-order chi connectivity index (χ1) is 11.9. The van der Waals surface area contributed by atoms with Crippen molar-refractivity contribution in [3.63, 3.8) is 0 Å². The molecule has 1 aromatic carbocycles. The molecule has 1 aromatic heterocycles. The average molecular weight is 345 g/mol. The summed E-state index contributed by atoms with van der Waals surface area (Å²) in [5.41, 5.74) is 0.163. The molecule has 134 valence electrons. The van der Waals surface area contributed by atoms with Gasteiger partial charge in [-0.15, -0.1) is 0 Å². The number of imidazole rings is 1. The summed E-state index contributed by atoms with van der Waals surface area (Å²) in [5.74, 6) is 0.426. The maximum Gasteiger partial charge on any atom is 0.335 e. The van der Waals surface area contributed by atoms with Gasteiger partial charge in [-0.3, -0.25) is 4.79 Å². The Hall–Kier alpha value is -2.83. The highest BCUT2D eigenvalue weighted by Gasteiger charge is 2.18. The topological polar surface area (TPSA) is 93.5 Å². The molecule has 0 aliphatic heterocycles. The van der Waals surface area contributed by atoms with Gasteiger partial charge in [-0.1, -0.05) is 19.9 Å². The van der Waals surface area contributed by atoms with Crippen molar-refractivity contribution >= 4 is 11.9 Å². The second kappa shape index (κ2) is 8.32. The van der Waals surface area contributed by atoms with E-state index in [9.17, 15) is 9.59 Å². The summed E-state index contributed by atoms with van der Waals surface area (Å²) in [6.45, 7) is 6.46. The van der Waals surface area contributed by atoms with E-state index in [1.165, 1.54) is 12.1 Å². The van der Waals surface area contributed by atoms with Gasteiger partial charge in [0.1, 0.15) is 24.2 Å². The highest BCUT2D eigenvalue weighted by atomic mass is 16.5. The maximum absolute atomic E-state index is 12.3. The minimum absolute atomic E-state index is 0.122. The van der Waals surface area contributed by atoms with Gasteiger partial charge in [-0.05, 0) is 25.1 Å². The van der Waals surface area contributed by atoms with Gasteiger partial charge in [0.2, 0.25) is 5.91 Å². The molecule has 1 atom stereocenters. The number of hydrogen-bond acceptors (Lipinski definition) is 4. The number of nitrogens with one attached hydrogen (secondary N) is 1. The van der Waals surface area contributed by atoms with E-state index in [1.54, 1.807) is 24.5 Å². The third-order valence-electron chi connectivity index (χ3n) is 3.76. The summed E-state index contributed by atoms with van der Waals surface area (Å²) < 4.78 is 7.34. The number of carbonyl (C=O) groups excluding carboxylic acids is 1. The summed E-state index contributed by atoms with van der Waals surface area (Å²) in [7, 11) is 0. The molecule has 1 heterocycles. The fourth-order valence-electron chi connectivity index (χ4n) is 2.44. The number of benzene rings is 1. The van der Waals surface area contributed by atoms with E-state index < -0.39 is 5.97 Å². The Morgan fingerprint density at radius 2 is 2.08 bits per heavy atom. The van der Waals surface area contributed by atoms with Crippen LogP contribution in [0.4, 0.5) is 0 Å². The highest BCUT2D eigenvalue weighted by molar-refractivity contribution is 5.88. The van der Waals surface area contributed by atoms with Crippen molar-refractivity contribution in [3.8, 4) is 5.75 Å². The second-order valence-corrected chi connectivity index (χ2v) is 6.00. The van der Waals surface area contributed by atoms with E-state index in [1.807, 2.05) is 25.3 Å². The quantitative estimate of drug-likeness (QED) is 0.717. The van der Waals surface area contributed by atoms with E-state index in [4.69, 9.17) is 9.84 Å². The van der Waals surface area contributed by atoms with Crippen LogP contribution < -0.4 is 10.1 Å². The van der Waals surface area contributed by atoms with E-state index >= 15 is 0 Å². The molecule has 0 fully saturated rings. The highest BCUT2D eigenvalue weighted by Crippen LogP contribution is 2.17. The normalized spacial score (nSPS) is 12.0. The van der Waals surface area contributed by atoms with Gasteiger partial charge in [0.05, 0.1) is 12.1 Å². The predicted molar refractivity (Wildman–Crippen MR) is 92.9 cm³/mol. The zero-order valence-electron chi connectivity index (χ0n) is 14.6. The van der Waals surface area contributed by atoms with E-state index in [0.29, 0.717) is 12.3 Å². The lowest BCUT2D eigenvalue weighted by atomic mass is 10.2. The molecule has 0 saturated carbocycles. The van der Waals surface area contributed by atoms with Gasteiger partial charge >= 0.3 is 5.97 Å². The molecular formula is C18H23N3O4. The van der Waals surface area contributed by atoms with Crippen LogP contribution in [-0.4, -0.2) is 39.7 Å². The molecule has 2 aromatic rings. The smallest absolute Gasteiger partial charge is 0.335 e. The van der Waals surface area contributed by atoms with Crippen molar-refractivity contribution in [3.05, 3.63) is 48.0 Å². The molecule has 7 heteroatoms. The van der Waals surface area contributed by atoms with Gasteiger partial charge in [-0.25, -0.2) is 9.78 Å². The number of aromatic carboxylic acids is 1. The standard InChI is InChI=1S/C18H23N3O4/c1-12(2)16-19-7-9-21(16)13(3)17(22)20-8-10-25-15-6-4-5-14(11-15)18(23)24/h4-7,9,11-13H,8,10H2,1-3H3,(H,20,22)(H,23,24). The number of carboxylic acid groups (broad SMARTS) is 1. The number of aromatic nitrogens is 2. The van der Waals surface area contributed by atoms with Crippen LogP contribution in [0.2, 0.25) is 0 Å². The van der Waals surface area contributed by atoms with Gasteiger partial charge in [0.15, 0.2) is 0 Å². The molecular weight excluding hydrogens is 322 g/mol. The van der Waals surface area contributed by atoms with Gasteiger partial charge in [0.25, 0.3) is 0 Å². The lowest BCUT2D eigenvalue weighted by molar-refractivity contribution is -0.124. The number of hydrogen-bond donors (Lipinski definition) is 2. The number of amides is 1. The second-order valence-electron chi connectivity index (χ2n) is 6.00. The molecule has 0 aliphatic carbocycles. The Bertz CT molecular complexity index is 739. The molecule has 2 rings (SSSR count). The maximum atomic E-state index is 12.3. The lowest BCUT2D eigenvalue weighted by Crippen LogP contribution is -2.34. The summed E-state index contributed by atoms with van der Waals surface area (Å²) in [6, 6.07) is 5.88. The average Bonchev–Trinajstić information content (AvgIpc) is 3.08. The molecule has 0 radical (unpaired) electrons. The zero-order chi connectivity index (χ0) is 18.4. The SMILES string of the molecule is CC(C)c1nccn1C(C)C(=O)NCCOc1cccc(C(=O)O)c1. The molecule has 1 amide bonds. The number of rotatable bonds is 8. The summed E-state index contributed by atoms with van der Waals surface area (Å²) >= 11 is 0. The number of nitrogens with zero attached hydrogens (tertiary/aromatic N) is 2. The van der Waals surface area contributed by atoms with Crippen molar-refractivity contribution < 1.29 is 19.4 Å². The predicted octanol–water partition coefficient (Wildman–Crippen LogP) is 2.46. The largest absolute Gasteiger partial charge is 0.492 e.